The standard InChI is InChI=1S/C28H35N2O9/c1-16(31)35-15-22-25(36-17(2)32)27(37-18(3)33)28(38-19(4)34)26(39-22)23-21-13-9-6-10-14-30(29-21)24(23)20-11-7-5-8-12-20/h5,7-8,11-12,21-22,25-28H,6,9-10,13-15H2,1-4H3/q+1/t21?,22-,25-,26+,27+,28+/m1/s1. The minimum atomic E-state index is -1.22. The van der Waals surface area contributed by atoms with Crippen LogP contribution in [0.5, 0.6) is 0 Å². The second-order valence-corrected chi connectivity index (χ2v) is 9.89. The second-order valence-electron chi connectivity index (χ2n) is 9.89. The third-order valence-corrected chi connectivity index (χ3v) is 6.86. The SMILES string of the molecule is CC(=O)OC[C@H]1O[C@@H](C2=C(c3ccccc3)[N+]3=NC2CCCCC3)[C@H](OC(C)=O)[C@@H](OC(C)=O)[C@@H]1OC(C)=O. The third-order valence-electron chi connectivity index (χ3n) is 6.86. The van der Waals surface area contributed by atoms with Crippen LogP contribution >= 0.6 is 0 Å². The van der Waals surface area contributed by atoms with Crippen LogP contribution in [0.2, 0.25) is 0 Å². The van der Waals surface area contributed by atoms with E-state index in [1.165, 1.54) is 27.7 Å². The highest BCUT2D eigenvalue weighted by Gasteiger charge is 2.56. The molecule has 39 heavy (non-hydrogen) atoms. The molecule has 11 heteroatoms. The molecule has 0 spiro atoms. The lowest BCUT2D eigenvalue weighted by Gasteiger charge is -2.45. The Balaban J connectivity index is 1.89. The number of fused-ring (bicyclic) bond motifs is 1. The molecular formula is C28H35N2O9+. The molecule has 1 fully saturated rings. The van der Waals surface area contributed by atoms with Gasteiger partial charge in [0, 0.05) is 39.7 Å². The lowest BCUT2D eigenvalue weighted by molar-refractivity contribution is -0.503. The smallest absolute Gasteiger partial charge is 0.303 e. The molecule has 3 aliphatic heterocycles. The van der Waals surface area contributed by atoms with Crippen molar-refractivity contribution in [3.8, 4) is 0 Å². The van der Waals surface area contributed by atoms with Crippen LogP contribution in [-0.4, -0.2) is 78.3 Å². The van der Waals surface area contributed by atoms with E-state index in [4.69, 9.17) is 28.8 Å². The summed E-state index contributed by atoms with van der Waals surface area (Å²) in [6, 6.07) is 9.45. The molecule has 0 aromatic heterocycles. The predicted molar refractivity (Wildman–Crippen MR) is 135 cm³/mol. The number of nitrogens with zero attached hydrogens (tertiary/aromatic N) is 2. The van der Waals surface area contributed by atoms with Gasteiger partial charge in [-0.25, -0.2) is 0 Å². The number of hydrogen-bond donors (Lipinski definition) is 0. The zero-order valence-corrected chi connectivity index (χ0v) is 22.7. The highest BCUT2D eigenvalue weighted by Crippen LogP contribution is 2.42. The van der Waals surface area contributed by atoms with Gasteiger partial charge in [-0.15, -0.1) is 0 Å². The van der Waals surface area contributed by atoms with Crippen LogP contribution in [-0.2, 0) is 42.9 Å². The fraction of sp³-hybridized carbons (Fsp3) is 0.571. The molecule has 11 nitrogen and oxygen atoms in total. The van der Waals surface area contributed by atoms with Gasteiger partial charge in [-0.1, -0.05) is 29.3 Å². The average Bonchev–Trinajstić information content (AvgIpc) is 3.24. The Bertz CT molecular complexity index is 1160. The number of azo groups is 2. The third kappa shape index (κ3) is 6.70. The summed E-state index contributed by atoms with van der Waals surface area (Å²) in [7, 11) is 0. The zero-order chi connectivity index (χ0) is 28.1. The van der Waals surface area contributed by atoms with Gasteiger partial charge in [0.2, 0.25) is 5.70 Å². The lowest BCUT2D eigenvalue weighted by Crippen LogP contribution is -2.63. The molecule has 3 aliphatic rings. The summed E-state index contributed by atoms with van der Waals surface area (Å²) < 4.78 is 30.7. The predicted octanol–water partition coefficient (Wildman–Crippen LogP) is 2.94. The van der Waals surface area contributed by atoms with E-state index in [1.54, 1.807) is 0 Å². The van der Waals surface area contributed by atoms with Gasteiger partial charge in [0.05, 0.1) is 5.57 Å². The Kier molecular flexibility index (Phi) is 9.11. The van der Waals surface area contributed by atoms with E-state index in [0.29, 0.717) is 6.54 Å². The Morgan fingerprint density at radius 1 is 0.846 bits per heavy atom. The van der Waals surface area contributed by atoms with Crippen molar-refractivity contribution in [2.45, 2.75) is 89.9 Å². The molecule has 1 unspecified atom stereocenters. The van der Waals surface area contributed by atoms with Gasteiger partial charge in [0.1, 0.15) is 24.9 Å². The molecular weight excluding hydrogens is 508 g/mol. The van der Waals surface area contributed by atoms with Gasteiger partial charge < -0.3 is 23.7 Å². The van der Waals surface area contributed by atoms with Crippen molar-refractivity contribution in [1.29, 1.82) is 0 Å². The Morgan fingerprint density at radius 3 is 2.13 bits per heavy atom. The first-order valence-corrected chi connectivity index (χ1v) is 13.2. The van der Waals surface area contributed by atoms with Crippen molar-refractivity contribution >= 4 is 29.6 Å². The molecule has 210 valence electrons. The van der Waals surface area contributed by atoms with Crippen molar-refractivity contribution in [2.24, 2.45) is 5.11 Å². The van der Waals surface area contributed by atoms with Crippen molar-refractivity contribution in [3.63, 3.8) is 0 Å². The zero-order valence-electron chi connectivity index (χ0n) is 22.7. The number of carbonyl (C=O) groups is 4. The van der Waals surface area contributed by atoms with E-state index in [0.717, 1.165) is 42.5 Å². The van der Waals surface area contributed by atoms with Crippen molar-refractivity contribution in [3.05, 3.63) is 41.5 Å². The lowest BCUT2D eigenvalue weighted by atomic mass is 9.85. The van der Waals surface area contributed by atoms with Crippen LogP contribution < -0.4 is 0 Å². The molecule has 0 aliphatic carbocycles. The number of benzene rings is 1. The monoisotopic (exact) mass is 543 g/mol. The molecule has 1 saturated heterocycles. The van der Waals surface area contributed by atoms with Crippen LogP contribution in [0, 0.1) is 0 Å². The Morgan fingerprint density at radius 2 is 1.49 bits per heavy atom. The number of rotatable bonds is 7. The topological polar surface area (TPSA) is 130 Å². The summed E-state index contributed by atoms with van der Waals surface area (Å²) >= 11 is 0. The maximum absolute atomic E-state index is 12.4. The summed E-state index contributed by atoms with van der Waals surface area (Å²) in [6.45, 7) is 5.35. The highest BCUT2D eigenvalue weighted by molar-refractivity contribution is 5.70. The molecule has 1 aromatic carbocycles. The number of carbonyl (C=O) groups excluding carboxylic acids is 4. The van der Waals surface area contributed by atoms with Gasteiger partial charge >= 0.3 is 23.9 Å². The molecule has 0 N–H and O–H groups in total. The van der Waals surface area contributed by atoms with Gasteiger partial charge in [-0.3, -0.25) is 19.2 Å². The molecule has 2 bridgehead atoms. The highest BCUT2D eigenvalue weighted by atomic mass is 16.7. The van der Waals surface area contributed by atoms with Crippen LogP contribution in [0.15, 0.2) is 41.0 Å². The summed E-state index contributed by atoms with van der Waals surface area (Å²) in [4.78, 5) is 48.4. The summed E-state index contributed by atoms with van der Waals surface area (Å²) in [5.74, 6) is -2.51. The summed E-state index contributed by atoms with van der Waals surface area (Å²) in [5, 5.41) is 4.99. The van der Waals surface area contributed by atoms with Crippen molar-refractivity contribution < 1.29 is 47.6 Å². The first kappa shape index (κ1) is 28.4. The first-order valence-electron chi connectivity index (χ1n) is 13.2. The van der Waals surface area contributed by atoms with Crippen LogP contribution in [0.25, 0.3) is 5.70 Å². The quantitative estimate of drug-likeness (QED) is 0.289. The molecule has 0 radical (unpaired) electrons. The van der Waals surface area contributed by atoms with Gasteiger partial charge in [0.25, 0.3) is 0 Å². The van der Waals surface area contributed by atoms with E-state index >= 15 is 0 Å². The second kappa shape index (κ2) is 12.5. The van der Waals surface area contributed by atoms with Crippen LogP contribution in [0.1, 0.15) is 58.9 Å². The molecule has 0 amide bonds. The van der Waals surface area contributed by atoms with E-state index in [-0.39, 0.29) is 12.6 Å². The molecule has 1 aromatic rings. The van der Waals surface area contributed by atoms with Crippen LogP contribution in [0.3, 0.4) is 0 Å². The fourth-order valence-corrected chi connectivity index (χ4v) is 5.47. The van der Waals surface area contributed by atoms with E-state index in [2.05, 4.69) is 0 Å². The van der Waals surface area contributed by atoms with Crippen molar-refractivity contribution in [2.75, 3.05) is 13.2 Å². The molecule has 6 atom stereocenters. The Labute approximate surface area is 227 Å². The Hall–Kier alpha value is -3.60. The van der Waals surface area contributed by atoms with Gasteiger partial charge in [-0.05, 0) is 30.1 Å². The maximum Gasteiger partial charge on any atom is 0.303 e. The van der Waals surface area contributed by atoms with E-state index in [1.807, 2.05) is 35.0 Å². The summed E-state index contributed by atoms with van der Waals surface area (Å²) in [5.41, 5.74) is 2.53. The largest absolute Gasteiger partial charge is 0.463 e. The minimum absolute atomic E-state index is 0.270. The van der Waals surface area contributed by atoms with Crippen molar-refractivity contribution in [1.82, 2.24) is 0 Å². The molecule has 0 saturated carbocycles. The fourth-order valence-electron chi connectivity index (χ4n) is 5.47. The minimum Gasteiger partial charge on any atom is -0.463 e. The number of hydrogen-bond acceptors (Lipinski definition) is 10. The van der Waals surface area contributed by atoms with Gasteiger partial charge in [0.15, 0.2) is 24.9 Å². The molecule has 3 heterocycles. The first-order chi connectivity index (χ1) is 18.7. The summed E-state index contributed by atoms with van der Waals surface area (Å²) in [6.07, 6.45) is -1.84. The molecule has 4 rings (SSSR count). The van der Waals surface area contributed by atoms with Crippen LogP contribution in [0.4, 0.5) is 0 Å². The number of esters is 4. The number of ether oxygens (including phenoxy) is 5. The van der Waals surface area contributed by atoms with E-state index in [9.17, 15) is 19.2 Å². The average molecular weight is 544 g/mol. The van der Waals surface area contributed by atoms with E-state index < -0.39 is 54.4 Å². The maximum atomic E-state index is 12.4. The normalized spacial score (nSPS) is 28.5. The van der Waals surface area contributed by atoms with Gasteiger partial charge in [-0.2, -0.15) is 0 Å².